The van der Waals surface area contributed by atoms with Crippen molar-refractivity contribution in [3.8, 4) is 0 Å². The van der Waals surface area contributed by atoms with E-state index in [0.717, 1.165) is 30.1 Å². The van der Waals surface area contributed by atoms with Crippen molar-refractivity contribution in [1.29, 1.82) is 0 Å². The molecule has 3 aromatic rings. The maximum atomic E-state index is 14.2. The Morgan fingerprint density at radius 3 is 2.24 bits per heavy atom. The van der Waals surface area contributed by atoms with Gasteiger partial charge in [-0.2, -0.15) is 0 Å². The van der Waals surface area contributed by atoms with Crippen molar-refractivity contribution >= 4 is 5.52 Å². The van der Waals surface area contributed by atoms with E-state index in [1.165, 1.54) is 11.6 Å². The lowest BCUT2D eigenvalue weighted by Crippen LogP contribution is -2.23. The molecular weight excluding hydrogens is 377 g/mol. The van der Waals surface area contributed by atoms with Crippen LogP contribution in [0.15, 0.2) is 36.8 Å². The first-order valence-electron chi connectivity index (χ1n) is 10.3. The molecule has 2 aromatic heterocycles. The van der Waals surface area contributed by atoms with Crippen molar-refractivity contribution < 1.29 is 18.3 Å². The molecule has 2 fully saturated rings. The zero-order valence-electron chi connectivity index (χ0n) is 16.0. The summed E-state index contributed by atoms with van der Waals surface area (Å²) in [5.41, 5.74) is 3.31. The van der Waals surface area contributed by atoms with Crippen molar-refractivity contribution in [2.75, 3.05) is 0 Å². The van der Waals surface area contributed by atoms with Gasteiger partial charge in [-0.25, -0.2) is 18.2 Å². The maximum absolute atomic E-state index is 14.2. The highest BCUT2D eigenvalue weighted by Crippen LogP contribution is 2.47. The monoisotopic (exact) mass is 400 g/mol. The number of imidazole rings is 1. The van der Waals surface area contributed by atoms with Crippen molar-refractivity contribution in [2.45, 2.75) is 56.5 Å². The number of aliphatic hydroxyl groups is 1. The minimum absolute atomic E-state index is 0.0464. The summed E-state index contributed by atoms with van der Waals surface area (Å²) in [7, 11) is 0. The van der Waals surface area contributed by atoms with Gasteiger partial charge < -0.3 is 9.51 Å². The molecule has 1 aromatic carbocycles. The molecule has 0 unspecified atom stereocenters. The lowest BCUT2D eigenvalue weighted by Gasteiger charge is -2.33. The van der Waals surface area contributed by atoms with Crippen molar-refractivity contribution in [3.63, 3.8) is 0 Å². The van der Waals surface area contributed by atoms with Crippen LogP contribution in [0.5, 0.6) is 0 Å². The van der Waals surface area contributed by atoms with Gasteiger partial charge in [0, 0.05) is 0 Å². The van der Waals surface area contributed by atoms with Gasteiger partial charge in [-0.05, 0) is 79.5 Å². The van der Waals surface area contributed by atoms with E-state index in [4.69, 9.17) is 0 Å². The summed E-state index contributed by atoms with van der Waals surface area (Å²) >= 11 is 0. The molecule has 0 amide bonds. The quantitative estimate of drug-likeness (QED) is 0.576. The molecule has 5 rings (SSSR count). The second kappa shape index (κ2) is 7.17. The standard InChI is InChI=1S/C23H23F3N2O/c24-19-10-9-17(20(25)21(19)26)13-3-5-15(6-4-13)23(29)22-18(14-1-2-14)8-7-16-11-27-12-28(16)22/h7-15,23,29H,1-6H2/t13-,15-,23-/m1/s1. The van der Waals surface area contributed by atoms with Crippen LogP contribution in [0.2, 0.25) is 0 Å². The van der Waals surface area contributed by atoms with Gasteiger partial charge in [0.25, 0.3) is 0 Å². The Hall–Kier alpha value is -2.34. The lowest BCUT2D eigenvalue weighted by atomic mass is 9.75. The van der Waals surface area contributed by atoms with E-state index in [1.54, 1.807) is 12.5 Å². The molecule has 0 aliphatic heterocycles. The average molecular weight is 400 g/mol. The van der Waals surface area contributed by atoms with Crippen molar-refractivity contribution in [1.82, 2.24) is 9.38 Å². The summed E-state index contributed by atoms with van der Waals surface area (Å²) < 4.78 is 43.0. The summed E-state index contributed by atoms with van der Waals surface area (Å²) in [6, 6.07) is 6.50. The highest BCUT2D eigenvalue weighted by atomic mass is 19.2. The van der Waals surface area contributed by atoms with Crippen LogP contribution in [-0.2, 0) is 0 Å². The molecule has 2 aliphatic rings. The van der Waals surface area contributed by atoms with Crippen molar-refractivity contribution in [2.24, 2.45) is 5.92 Å². The number of nitrogens with zero attached hydrogens (tertiary/aromatic N) is 2. The molecule has 0 bridgehead atoms. The molecule has 0 radical (unpaired) electrons. The third-order valence-electron chi connectivity index (χ3n) is 6.68. The summed E-state index contributed by atoms with van der Waals surface area (Å²) in [5.74, 6) is -3.24. The van der Waals surface area contributed by atoms with Gasteiger partial charge in [0.2, 0.25) is 0 Å². The SMILES string of the molecule is O[C@@H](c1c(C2CC2)ccc2cncn12)[C@H]1CC[C@H](c2ccc(F)c(F)c2F)CC1. The highest BCUT2D eigenvalue weighted by molar-refractivity contribution is 5.50. The molecule has 29 heavy (non-hydrogen) atoms. The Bertz CT molecular complexity index is 1050. The molecular formula is C23H23F3N2O. The maximum Gasteiger partial charge on any atom is 0.194 e. The van der Waals surface area contributed by atoms with Crippen LogP contribution in [0.4, 0.5) is 13.2 Å². The van der Waals surface area contributed by atoms with Gasteiger partial charge >= 0.3 is 0 Å². The van der Waals surface area contributed by atoms with E-state index < -0.39 is 23.6 Å². The Labute approximate surface area is 167 Å². The number of hydrogen-bond acceptors (Lipinski definition) is 2. The number of benzene rings is 1. The Morgan fingerprint density at radius 1 is 0.862 bits per heavy atom. The number of hydrogen-bond donors (Lipinski definition) is 1. The van der Waals surface area contributed by atoms with Crippen LogP contribution in [0.25, 0.3) is 5.52 Å². The van der Waals surface area contributed by atoms with Crippen LogP contribution in [0.3, 0.4) is 0 Å². The number of halogens is 3. The predicted octanol–water partition coefficient (Wildman–Crippen LogP) is 5.64. The molecule has 152 valence electrons. The largest absolute Gasteiger partial charge is 0.387 e. The second-order valence-electron chi connectivity index (χ2n) is 8.46. The average Bonchev–Trinajstić information content (AvgIpc) is 3.47. The van der Waals surface area contributed by atoms with E-state index in [9.17, 15) is 18.3 Å². The molecule has 2 heterocycles. The molecule has 6 heteroatoms. The zero-order valence-corrected chi connectivity index (χ0v) is 16.0. The van der Waals surface area contributed by atoms with E-state index in [1.807, 2.05) is 10.5 Å². The topological polar surface area (TPSA) is 37.5 Å². The molecule has 1 atom stereocenters. The van der Waals surface area contributed by atoms with Crippen LogP contribution in [0.1, 0.15) is 73.3 Å². The number of rotatable bonds is 4. The first-order chi connectivity index (χ1) is 14.0. The van der Waals surface area contributed by atoms with Crippen LogP contribution in [0, 0.1) is 23.4 Å². The fraction of sp³-hybridized carbons (Fsp3) is 0.435. The van der Waals surface area contributed by atoms with Crippen LogP contribution >= 0.6 is 0 Å². The Morgan fingerprint density at radius 2 is 1.52 bits per heavy atom. The van der Waals surface area contributed by atoms with E-state index in [-0.39, 0.29) is 17.4 Å². The molecule has 2 saturated carbocycles. The molecule has 3 nitrogen and oxygen atoms in total. The van der Waals surface area contributed by atoms with Gasteiger partial charge in [0.1, 0.15) is 0 Å². The molecule has 2 aliphatic carbocycles. The fourth-order valence-corrected chi connectivity index (χ4v) is 4.91. The predicted molar refractivity (Wildman–Crippen MR) is 103 cm³/mol. The summed E-state index contributed by atoms with van der Waals surface area (Å²) in [5, 5.41) is 11.3. The summed E-state index contributed by atoms with van der Waals surface area (Å²) in [6.45, 7) is 0. The number of aromatic nitrogens is 2. The molecule has 0 spiro atoms. The van der Waals surface area contributed by atoms with Crippen LogP contribution < -0.4 is 0 Å². The Kier molecular flexibility index (Phi) is 4.62. The number of pyridine rings is 1. The first kappa shape index (κ1) is 18.7. The summed E-state index contributed by atoms with van der Waals surface area (Å²) in [4.78, 5) is 4.23. The van der Waals surface area contributed by atoms with Crippen LogP contribution in [-0.4, -0.2) is 14.5 Å². The van der Waals surface area contributed by atoms with E-state index in [0.29, 0.717) is 31.6 Å². The van der Waals surface area contributed by atoms with Gasteiger partial charge in [-0.3, -0.25) is 0 Å². The zero-order chi connectivity index (χ0) is 20.1. The smallest absolute Gasteiger partial charge is 0.194 e. The van der Waals surface area contributed by atoms with Gasteiger partial charge in [0.15, 0.2) is 17.5 Å². The van der Waals surface area contributed by atoms with E-state index in [2.05, 4.69) is 11.1 Å². The lowest BCUT2D eigenvalue weighted by molar-refractivity contribution is 0.0751. The normalized spacial score (nSPS) is 23.4. The summed E-state index contributed by atoms with van der Waals surface area (Å²) in [6.07, 6.45) is 7.89. The minimum Gasteiger partial charge on any atom is -0.387 e. The van der Waals surface area contributed by atoms with Gasteiger partial charge in [-0.1, -0.05) is 12.1 Å². The van der Waals surface area contributed by atoms with Gasteiger partial charge in [0.05, 0.1) is 29.8 Å². The fourth-order valence-electron chi connectivity index (χ4n) is 4.91. The van der Waals surface area contributed by atoms with Gasteiger partial charge in [-0.15, -0.1) is 0 Å². The number of aliphatic hydroxyl groups excluding tert-OH is 1. The van der Waals surface area contributed by atoms with E-state index >= 15 is 0 Å². The minimum atomic E-state index is -1.40. The Balaban J connectivity index is 1.38. The number of fused-ring (bicyclic) bond motifs is 1. The molecule has 1 N–H and O–H groups in total. The second-order valence-corrected chi connectivity index (χ2v) is 8.46. The third-order valence-corrected chi connectivity index (χ3v) is 6.68. The first-order valence-corrected chi connectivity index (χ1v) is 10.3. The van der Waals surface area contributed by atoms with Crippen molar-refractivity contribution in [3.05, 3.63) is 71.1 Å². The highest BCUT2D eigenvalue weighted by Gasteiger charge is 2.35. The molecule has 0 saturated heterocycles. The third kappa shape index (κ3) is 3.23.